The first-order valence-electron chi connectivity index (χ1n) is 7.57. The van der Waals surface area contributed by atoms with Gasteiger partial charge in [0.05, 0.1) is 6.04 Å². The first-order chi connectivity index (χ1) is 9.43. The van der Waals surface area contributed by atoms with E-state index in [1.54, 1.807) is 0 Å². The fourth-order valence-electron chi connectivity index (χ4n) is 2.28. The van der Waals surface area contributed by atoms with Gasteiger partial charge in [0.25, 0.3) is 0 Å². The Morgan fingerprint density at radius 2 is 1.75 bits per heavy atom. The van der Waals surface area contributed by atoms with E-state index in [2.05, 4.69) is 62.6 Å². The molecule has 1 aromatic carbocycles. The third-order valence-electron chi connectivity index (χ3n) is 3.58. The minimum atomic E-state index is -0.189. The Hall–Kier alpha value is -1.35. The number of carbonyl (C=O) groups is 1. The van der Waals surface area contributed by atoms with Gasteiger partial charge in [-0.3, -0.25) is 10.1 Å². The third-order valence-corrected chi connectivity index (χ3v) is 3.58. The minimum absolute atomic E-state index is 0.0740. The number of nitrogens with one attached hydrogen (secondary N) is 2. The van der Waals surface area contributed by atoms with Crippen LogP contribution >= 0.6 is 0 Å². The Morgan fingerprint density at radius 1 is 1.15 bits per heavy atom. The van der Waals surface area contributed by atoms with E-state index < -0.39 is 0 Å². The zero-order chi connectivity index (χ0) is 15.1. The van der Waals surface area contributed by atoms with Crippen molar-refractivity contribution >= 4 is 5.91 Å². The van der Waals surface area contributed by atoms with Crippen molar-refractivity contribution in [3.05, 3.63) is 35.4 Å². The predicted octanol–water partition coefficient (Wildman–Crippen LogP) is 3.34. The van der Waals surface area contributed by atoms with Gasteiger partial charge in [-0.05, 0) is 39.7 Å². The lowest BCUT2D eigenvalue weighted by Crippen LogP contribution is -2.46. The van der Waals surface area contributed by atoms with Crippen molar-refractivity contribution in [2.24, 2.45) is 0 Å². The van der Waals surface area contributed by atoms with Crippen LogP contribution in [0.1, 0.15) is 57.7 Å². The summed E-state index contributed by atoms with van der Waals surface area (Å²) in [6.07, 6.45) is 2.11. The molecular weight excluding hydrogens is 248 g/mol. The molecule has 0 saturated carbocycles. The molecule has 20 heavy (non-hydrogen) atoms. The molecule has 2 unspecified atom stereocenters. The van der Waals surface area contributed by atoms with Crippen molar-refractivity contribution in [1.29, 1.82) is 0 Å². The first kappa shape index (κ1) is 16.7. The van der Waals surface area contributed by atoms with Gasteiger partial charge in [-0.15, -0.1) is 0 Å². The summed E-state index contributed by atoms with van der Waals surface area (Å²) in [7, 11) is 0. The summed E-state index contributed by atoms with van der Waals surface area (Å²) in [5.41, 5.74) is 2.46. The standard InChI is InChI=1S/C17H28N2O/c1-6-7-13(3)18-17(20)15(5)19-14(4)16-10-8-12(2)9-11-16/h8-11,13-15,19H,6-7H2,1-5H3,(H,18,20)/t13?,14-,15?/m0/s1. The molecule has 0 aromatic heterocycles. The van der Waals surface area contributed by atoms with Gasteiger partial charge in [0.15, 0.2) is 0 Å². The fraction of sp³-hybridized carbons (Fsp3) is 0.588. The molecule has 0 spiro atoms. The van der Waals surface area contributed by atoms with E-state index in [1.165, 1.54) is 11.1 Å². The summed E-state index contributed by atoms with van der Waals surface area (Å²) < 4.78 is 0. The average Bonchev–Trinajstić information content (AvgIpc) is 2.39. The van der Waals surface area contributed by atoms with Crippen molar-refractivity contribution in [3.8, 4) is 0 Å². The van der Waals surface area contributed by atoms with Crippen LogP contribution < -0.4 is 10.6 Å². The highest BCUT2D eigenvalue weighted by molar-refractivity contribution is 5.81. The first-order valence-corrected chi connectivity index (χ1v) is 7.57. The fourth-order valence-corrected chi connectivity index (χ4v) is 2.28. The summed E-state index contributed by atoms with van der Waals surface area (Å²) in [5, 5.41) is 6.40. The normalized spacial score (nSPS) is 15.4. The highest BCUT2D eigenvalue weighted by Gasteiger charge is 2.17. The van der Waals surface area contributed by atoms with E-state index in [-0.39, 0.29) is 24.0 Å². The quantitative estimate of drug-likeness (QED) is 0.802. The van der Waals surface area contributed by atoms with Gasteiger partial charge in [0.1, 0.15) is 0 Å². The lowest BCUT2D eigenvalue weighted by molar-refractivity contribution is -0.123. The molecule has 0 radical (unpaired) electrons. The van der Waals surface area contributed by atoms with Gasteiger partial charge in [-0.2, -0.15) is 0 Å². The van der Waals surface area contributed by atoms with Crippen LogP contribution in [0, 0.1) is 6.92 Å². The maximum absolute atomic E-state index is 12.1. The molecule has 3 heteroatoms. The molecule has 0 bridgehead atoms. The van der Waals surface area contributed by atoms with Crippen LogP contribution in [0.4, 0.5) is 0 Å². The van der Waals surface area contributed by atoms with Gasteiger partial charge in [-0.25, -0.2) is 0 Å². The molecule has 3 atom stereocenters. The van der Waals surface area contributed by atoms with Crippen molar-refractivity contribution in [3.63, 3.8) is 0 Å². The number of hydrogen-bond acceptors (Lipinski definition) is 2. The van der Waals surface area contributed by atoms with E-state index in [1.807, 2.05) is 6.92 Å². The molecule has 2 N–H and O–H groups in total. The smallest absolute Gasteiger partial charge is 0.237 e. The number of amides is 1. The van der Waals surface area contributed by atoms with Gasteiger partial charge in [0, 0.05) is 12.1 Å². The lowest BCUT2D eigenvalue weighted by atomic mass is 10.1. The second-order valence-corrected chi connectivity index (χ2v) is 5.72. The molecule has 0 aliphatic rings. The maximum atomic E-state index is 12.1. The monoisotopic (exact) mass is 276 g/mol. The molecule has 1 aromatic rings. The Morgan fingerprint density at radius 3 is 2.30 bits per heavy atom. The summed E-state index contributed by atoms with van der Waals surface area (Å²) >= 11 is 0. The Bertz CT molecular complexity index is 414. The van der Waals surface area contributed by atoms with Crippen LogP contribution in [0.15, 0.2) is 24.3 Å². The minimum Gasteiger partial charge on any atom is -0.352 e. The van der Waals surface area contributed by atoms with Gasteiger partial charge in [-0.1, -0.05) is 43.2 Å². The molecule has 0 fully saturated rings. The molecule has 0 heterocycles. The van der Waals surface area contributed by atoms with Crippen molar-refractivity contribution in [2.45, 2.75) is 65.6 Å². The SMILES string of the molecule is CCCC(C)NC(=O)C(C)N[C@@H](C)c1ccc(C)cc1. The van der Waals surface area contributed by atoms with Crippen LogP contribution in [-0.2, 0) is 4.79 Å². The number of hydrogen-bond donors (Lipinski definition) is 2. The zero-order valence-electron chi connectivity index (χ0n) is 13.4. The van der Waals surface area contributed by atoms with Crippen LogP contribution in [-0.4, -0.2) is 18.0 Å². The highest BCUT2D eigenvalue weighted by Crippen LogP contribution is 2.13. The van der Waals surface area contributed by atoms with E-state index in [4.69, 9.17) is 0 Å². The van der Waals surface area contributed by atoms with Crippen molar-refractivity contribution in [1.82, 2.24) is 10.6 Å². The Balaban J connectivity index is 2.50. The van der Waals surface area contributed by atoms with Crippen LogP contribution in [0.25, 0.3) is 0 Å². The second-order valence-electron chi connectivity index (χ2n) is 5.72. The third kappa shape index (κ3) is 5.33. The Labute approximate surface area is 123 Å². The average molecular weight is 276 g/mol. The molecule has 0 aliphatic heterocycles. The molecular formula is C17H28N2O. The molecule has 3 nitrogen and oxygen atoms in total. The number of benzene rings is 1. The van der Waals surface area contributed by atoms with E-state index in [0.717, 1.165) is 12.8 Å². The van der Waals surface area contributed by atoms with E-state index in [9.17, 15) is 4.79 Å². The maximum Gasteiger partial charge on any atom is 0.237 e. The van der Waals surface area contributed by atoms with Gasteiger partial charge < -0.3 is 5.32 Å². The molecule has 1 rings (SSSR count). The lowest BCUT2D eigenvalue weighted by Gasteiger charge is -2.22. The van der Waals surface area contributed by atoms with Crippen LogP contribution in [0.5, 0.6) is 0 Å². The molecule has 0 saturated heterocycles. The summed E-state index contributed by atoms with van der Waals surface area (Å²) in [6.45, 7) is 10.3. The highest BCUT2D eigenvalue weighted by atomic mass is 16.2. The number of rotatable bonds is 7. The summed E-state index contributed by atoms with van der Waals surface area (Å²) in [6, 6.07) is 8.63. The topological polar surface area (TPSA) is 41.1 Å². The second kappa shape index (κ2) is 8.05. The molecule has 0 aliphatic carbocycles. The van der Waals surface area contributed by atoms with Gasteiger partial charge in [0.2, 0.25) is 5.91 Å². The number of carbonyl (C=O) groups excluding carboxylic acids is 1. The van der Waals surface area contributed by atoms with Crippen molar-refractivity contribution in [2.75, 3.05) is 0 Å². The predicted molar refractivity (Wildman–Crippen MR) is 84.7 cm³/mol. The summed E-state index contributed by atoms with van der Waals surface area (Å²) in [5.74, 6) is 0.0740. The Kier molecular flexibility index (Phi) is 6.73. The van der Waals surface area contributed by atoms with Crippen LogP contribution in [0.2, 0.25) is 0 Å². The number of aryl methyl sites for hydroxylation is 1. The van der Waals surface area contributed by atoms with Gasteiger partial charge >= 0.3 is 0 Å². The molecule has 1 amide bonds. The largest absolute Gasteiger partial charge is 0.352 e. The zero-order valence-corrected chi connectivity index (χ0v) is 13.4. The van der Waals surface area contributed by atoms with Crippen LogP contribution in [0.3, 0.4) is 0 Å². The van der Waals surface area contributed by atoms with E-state index >= 15 is 0 Å². The van der Waals surface area contributed by atoms with Crippen molar-refractivity contribution < 1.29 is 4.79 Å². The summed E-state index contributed by atoms with van der Waals surface area (Å²) in [4.78, 5) is 12.1. The van der Waals surface area contributed by atoms with E-state index in [0.29, 0.717) is 0 Å². The molecule has 112 valence electrons.